The summed E-state index contributed by atoms with van der Waals surface area (Å²) in [5.41, 5.74) is 3.72. The van der Waals surface area contributed by atoms with Gasteiger partial charge in [-0.05, 0) is 24.3 Å². The highest BCUT2D eigenvalue weighted by molar-refractivity contribution is 5.98. The van der Waals surface area contributed by atoms with Crippen LogP contribution in [0.3, 0.4) is 0 Å². The number of aromatic amines is 1. The number of nitrogens with one attached hydrogen (secondary N) is 1. The van der Waals surface area contributed by atoms with E-state index in [2.05, 4.69) is 15.0 Å². The molecule has 20 heavy (non-hydrogen) atoms. The second-order valence-electron chi connectivity index (χ2n) is 4.94. The third-order valence-corrected chi connectivity index (χ3v) is 3.67. The van der Waals surface area contributed by atoms with Gasteiger partial charge in [-0.2, -0.15) is 0 Å². The summed E-state index contributed by atoms with van der Waals surface area (Å²) >= 11 is 0. The Morgan fingerprint density at radius 3 is 3.10 bits per heavy atom. The van der Waals surface area contributed by atoms with Crippen molar-refractivity contribution in [3.05, 3.63) is 59.8 Å². The molecule has 0 bridgehead atoms. The molecule has 0 saturated heterocycles. The minimum Gasteiger partial charge on any atom is -0.361 e. The molecule has 1 aliphatic rings. The largest absolute Gasteiger partial charge is 0.361 e. The smallest absolute Gasteiger partial charge is 0.254 e. The zero-order valence-electron chi connectivity index (χ0n) is 10.7. The van der Waals surface area contributed by atoms with Crippen LogP contribution in [-0.4, -0.2) is 25.8 Å². The lowest BCUT2D eigenvalue weighted by Gasteiger charge is -2.15. The van der Waals surface area contributed by atoms with Gasteiger partial charge in [-0.15, -0.1) is 0 Å². The van der Waals surface area contributed by atoms with Crippen molar-refractivity contribution < 1.29 is 4.79 Å². The summed E-state index contributed by atoms with van der Waals surface area (Å²) in [7, 11) is 0. The van der Waals surface area contributed by atoms with Crippen LogP contribution in [0, 0.1) is 0 Å². The standard InChI is InChI=1S/C15H12N4O/c20-15(11-1-2-13-10(5-11)3-4-17-13)19-7-12-6-16-9-18-14(12)8-19/h1-6,9,17H,7-8H2. The van der Waals surface area contributed by atoms with Crippen molar-refractivity contribution in [2.45, 2.75) is 13.1 Å². The molecule has 2 aromatic heterocycles. The van der Waals surface area contributed by atoms with Crippen LogP contribution in [0.2, 0.25) is 0 Å². The normalized spacial score (nSPS) is 13.7. The average Bonchev–Trinajstić information content (AvgIpc) is 3.11. The second-order valence-corrected chi connectivity index (χ2v) is 4.94. The van der Waals surface area contributed by atoms with Crippen molar-refractivity contribution in [3.63, 3.8) is 0 Å². The highest BCUT2D eigenvalue weighted by Gasteiger charge is 2.25. The minimum absolute atomic E-state index is 0.0334. The fourth-order valence-electron chi connectivity index (χ4n) is 2.61. The van der Waals surface area contributed by atoms with Gasteiger partial charge in [-0.1, -0.05) is 0 Å². The van der Waals surface area contributed by atoms with Crippen molar-refractivity contribution >= 4 is 16.8 Å². The number of benzene rings is 1. The van der Waals surface area contributed by atoms with E-state index in [9.17, 15) is 4.79 Å². The third kappa shape index (κ3) is 1.67. The number of carbonyl (C=O) groups excluding carboxylic acids is 1. The van der Waals surface area contributed by atoms with Gasteiger partial charge in [0.1, 0.15) is 6.33 Å². The average molecular weight is 264 g/mol. The number of carbonyl (C=O) groups is 1. The molecule has 3 heterocycles. The zero-order valence-corrected chi connectivity index (χ0v) is 10.7. The summed E-state index contributed by atoms with van der Waals surface area (Å²) in [6, 6.07) is 7.68. The van der Waals surface area contributed by atoms with Crippen LogP contribution in [0.4, 0.5) is 0 Å². The lowest BCUT2D eigenvalue weighted by molar-refractivity contribution is 0.0750. The van der Waals surface area contributed by atoms with E-state index in [1.54, 1.807) is 11.1 Å². The highest BCUT2D eigenvalue weighted by atomic mass is 16.2. The lowest BCUT2D eigenvalue weighted by Crippen LogP contribution is -2.25. The van der Waals surface area contributed by atoms with Gasteiger partial charge in [0.15, 0.2) is 0 Å². The van der Waals surface area contributed by atoms with Gasteiger partial charge in [0.2, 0.25) is 0 Å². The second kappa shape index (κ2) is 4.16. The topological polar surface area (TPSA) is 61.9 Å². The predicted octanol–water partition coefficient (Wildman–Crippen LogP) is 2.11. The van der Waals surface area contributed by atoms with E-state index < -0.39 is 0 Å². The van der Waals surface area contributed by atoms with Gasteiger partial charge in [-0.25, -0.2) is 9.97 Å². The molecule has 0 atom stereocenters. The van der Waals surface area contributed by atoms with Gasteiger partial charge < -0.3 is 9.88 Å². The molecule has 1 N–H and O–H groups in total. The first-order chi connectivity index (χ1) is 9.81. The molecule has 0 unspecified atom stereocenters. The lowest BCUT2D eigenvalue weighted by atomic mass is 10.1. The minimum atomic E-state index is 0.0334. The molecule has 3 aromatic rings. The van der Waals surface area contributed by atoms with E-state index in [1.165, 1.54) is 6.33 Å². The molecule has 5 nitrogen and oxygen atoms in total. The van der Waals surface area contributed by atoms with Crippen LogP contribution in [0.15, 0.2) is 43.0 Å². The maximum Gasteiger partial charge on any atom is 0.254 e. The molecular weight excluding hydrogens is 252 g/mol. The van der Waals surface area contributed by atoms with Crippen molar-refractivity contribution in [1.82, 2.24) is 19.9 Å². The van der Waals surface area contributed by atoms with Crippen molar-refractivity contribution in [2.75, 3.05) is 0 Å². The fraction of sp³-hybridized carbons (Fsp3) is 0.133. The quantitative estimate of drug-likeness (QED) is 0.732. The number of hydrogen-bond acceptors (Lipinski definition) is 3. The van der Waals surface area contributed by atoms with Crippen molar-refractivity contribution in [1.29, 1.82) is 0 Å². The van der Waals surface area contributed by atoms with E-state index >= 15 is 0 Å². The molecule has 0 aliphatic carbocycles. The zero-order chi connectivity index (χ0) is 13.5. The molecule has 0 saturated carbocycles. The van der Waals surface area contributed by atoms with E-state index in [1.807, 2.05) is 30.5 Å². The van der Waals surface area contributed by atoms with Crippen LogP contribution < -0.4 is 0 Å². The molecular formula is C15H12N4O. The highest BCUT2D eigenvalue weighted by Crippen LogP contribution is 2.23. The maximum absolute atomic E-state index is 12.5. The summed E-state index contributed by atoms with van der Waals surface area (Å²) in [4.78, 5) is 25.7. The Bertz CT molecular complexity index is 783. The molecule has 0 fully saturated rings. The number of fused-ring (bicyclic) bond motifs is 2. The van der Waals surface area contributed by atoms with Crippen molar-refractivity contribution in [2.24, 2.45) is 0 Å². The first-order valence-corrected chi connectivity index (χ1v) is 6.45. The number of aromatic nitrogens is 3. The molecule has 0 radical (unpaired) electrons. The Labute approximate surface area is 115 Å². The fourth-order valence-corrected chi connectivity index (χ4v) is 2.61. The number of hydrogen-bond donors (Lipinski definition) is 1. The number of H-pyrrole nitrogens is 1. The van der Waals surface area contributed by atoms with Crippen LogP contribution in [0.1, 0.15) is 21.6 Å². The third-order valence-electron chi connectivity index (χ3n) is 3.67. The summed E-state index contributed by atoms with van der Waals surface area (Å²) < 4.78 is 0. The Morgan fingerprint density at radius 2 is 2.20 bits per heavy atom. The molecule has 1 amide bonds. The Kier molecular flexibility index (Phi) is 2.32. The summed E-state index contributed by atoms with van der Waals surface area (Å²) in [5, 5.41) is 1.05. The molecule has 98 valence electrons. The van der Waals surface area contributed by atoms with Gasteiger partial charge in [0.25, 0.3) is 5.91 Å². The Morgan fingerprint density at radius 1 is 1.25 bits per heavy atom. The molecule has 5 heteroatoms. The molecule has 1 aromatic carbocycles. The van der Waals surface area contributed by atoms with E-state index in [0.29, 0.717) is 18.7 Å². The maximum atomic E-state index is 12.5. The SMILES string of the molecule is O=C(c1ccc2[nH]ccc2c1)N1Cc2cncnc2C1. The number of rotatable bonds is 1. The van der Waals surface area contributed by atoms with Gasteiger partial charge in [0.05, 0.1) is 12.2 Å². The molecule has 4 rings (SSSR count). The molecule has 0 spiro atoms. The van der Waals surface area contributed by atoms with E-state index in [4.69, 9.17) is 0 Å². The monoisotopic (exact) mass is 264 g/mol. The number of amides is 1. The number of nitrogens with zero attached hydrogens (tertiary/aromatic N) is 3. The molecule has 1 aliphatic heterocycles. The van der Waals surface area contributed by atoms with Crippen LogP contribution >= 0.6 is 0 Å². The summed E-state index contributed by atoms with van der Waals surface area (Å²) in [6.45, 7) is 1.14. The van der Waals surface area contributed by atoms with Crippen molar-refractivity contribution in [3.8, 4) is 0 Å². The van der Waals surface area contributed by atoms with E-state index in [0.717, 1.165) is 22.2 Å². The predicted molar refractivity (Wildman–Crippen MR) is 73.9 cm³/mol. The van der Waals surface area contributed by atoms with Gasteiger partial charge in [0, 0.05) is 41.0 Å². The van der Waals surface area contributed by atoms with Gasteiger partial charge >= 0.3 is 0 Å². The first kappa shape index (κ1) is 11.2. The van der Waals surface area contributed by atoms with Crippen LogP contribution in [-0.2, 0) is 13.1 Å². The summed E-state index contributed by atoms with van der Waals surface area (Å²) in [5.74, 6) is 0.0334. The van der Waals surface area contributed by atoms with E-state index in [-0.39, 0.29) is 5.91 Å². The van der Waals surface area contributed by atoms with Crippen LogP contribution in [0.5, 0.6) is 0 Å². The first-order valence-electron chi connectivity index (χ1n) is 6.45. The Balaban J connectivity index is 1.65. The summed E-state index contributed by atoms with van der Waals surface area (Å²) in [6.07, 6.45) is 5.18. The Hall–Kier alpha value is -2.69. The van der Waals surface area contributed by atoms with Crippen LogP contribution in [0.25, 0.3) is 10.9 Å². The van der Waals surface area contributed by atoms with Gasteiger partial charge in [-0.3, -0.25) is 4.79 Å².